The van der Waals surface area contributed by atoms with Crippen LogP contribution in [0.3, 0.4) is 0 Å². The molecule has 0 rings (SSSR count). The van der Waals surface area contributed by atoms with E-state index in [9.17, 15) is 9.59 Å². The summed E-state index contributed by atoms with van der Waals surface area (Å²) in [5.74, 6) is -2.46. The fraction of sp³-hybridized carbons (Fsp3) is 0.867. The van der Waals surface area contributed by atoms with Crippen LogP contribution in [0.1, 0.15) is 48.5 Å². The molecule has 0 aromatic carbocycles. The minimum Gasteiger partial charge on any atom is -0.465 e. The number of carbonyl (C=O) groups excluding carboxylic acids is 2. The Morgan fingerprint density at radius 3 is 1.76 bits per heavy atom. The molecule has 2 atom stereocenters. The molecule has 0 saturated heterocycles. The Balaban J connectivity index is 5.09. The highest BCUT2D eigenvalue weighted by Gasteiger charge is 2.37. The maximum atomic E-state index is 12.0. The van der Waals surface area contributed by atoms with Crippen LogP contribution in [0.25, 0.3) is 0 Å². The van der Waals surface area contributed by atoms with Gasteiger partial charge in [0.05, 0.1) is 24.8 Å². The smallest absolute Gasteiger partial charge is 0.320 e. The van der Waals surface area contributed by atoms with Crippen molar-refractivity contribution >= 4 is 11.9 Å². The molecule has 0 aliphatic heterocycles. The van der Waals surface area contributed by atoms with Crippen LogP contribution < -0.4 is 0 Å². The van der Waals surface area contributed by atoms with Crippen molar-refractivity contribution in [2.75, 3.05) is 13.2 Å². The first-order valence-corrected chi connectivity index (χ1v) is 7.39. The van der Waals surface area contributed by atoms with E-state index in [1.807, 2.05) is 27.7 Å². The lowest BCUT2D eigenvalue weighted by Gasteiger charge is -2.23. The standard InChI is InChI=1S/C15H28N2O4/c1-8-20-13(18)12(14(19)21-9-2)10(3)11(4)16-17-15(5,6)7/h10-12H,8-9H2,1-7H3. The quantitative estimate of drug-likeness (QED) is 0.411. The van der Waals surface area contributed by atoms with E-state index in [1.54, 1.807) is 20.8 Å². The third kappa shape index (κ3) is 7.20. The highest BCUT2D eigenvalue weighted by Crippen LogP contribution is 2.23. The Labute approximate surface area is 127 Å². The average Bonchev–Trinajstić information content (AvgIpc) is 2.35. The number of azo groups is 1. The van der Waals surface area contributed by atoms with Gasteiger partial charge in [-0.1, -0.05) is 6.92 Å². The summed E-state index contributed by atoms with van der Waals surface area (Å²) in [6.07, 6.45) is 0. The molecule has 0 saturated carbocycles. The molecule has 0 spiro atoms. The summed E-state index contributed by atoms with van der Waals surface area (Å²) >= 11 is 0. The van der Waals surface area contributed by atoms with E-state index >= 15 is 0 Å². The maximum absolute atomic E-state index is 12.0. The van der Waals surface area contributed by atoms with E-state index in [4.69, 9.17) is 9.47 Å². The first kappa shape index (κ1) is 19.5. The SMILES string of the molecule is CCOC(=O)C(C(=O)OCC)C(C)C(C)N=NC(C)(C)C. The molecular formula is C15H28N2O4. The van der Waals surface area contributed by atoms with Gasteiger partial charge in [-0.2, -0.15) is 10.2 Å². The second kappa shape index (κ2) is 8.74. The fourth-order valence-corrected chi connectivity index (χ4v) is 1.64. The van der Waals surface area contributed by atoms with Gasteiger partial charge in [-0.05, 0) is 41.5 Å². The lowest BCUT2D eigenvalue weighted by Crippen LogP contribution is -2.37. The van der Waals surface area contributed by atoms with Crippen molar-refractivity contribution in [3.05, 3.63) is 0 Å². The van der Waals surface area contributed by atoms with Crippen molar-refractivity contribution in [1.29, 1.82) is 0 Å². The van der Waals surface area contributed by atoms with Gasteiger partial charge in [0.1, 0.15) is 0 Å². The Morgan fingerprint density at radius 2 is 1.43 bits per heavy atom. The monoisotopic (exact) mass is 300 g/mol. The third-order valence-electron chi connectivity index (χ3n) is 2.91. The number of rotatable bonds is 7. The second-order valence-electron chi connectivity index (χ2n) is 5.97. The van der Waals surface area contributed by atoms with Gasteiger partial charge in [-0.15, -0.1) is 0 Å². The lowest BCUT2D eigenvalue weighted by molar-refractivity contribution is -0.164. The van der Waals surface area contributed by atoms with Crippen molar-refractivity contribution in [1.82, 2.24) is 0 Å². The van der Waals surface area contributed by atoms with Crippen LogP contribution in [0.4, 0.5) is 0 Å². The number of carbonyl (C=O) groups is 2. The molecule has 0 aromatic heterocycles. The Kier molecular flexibility index (Phi) is 8.14. The predicted octanol–water partition coefficient (Wildman–Crippen LogP) is 3.00. The van der Waals surface area contributed by atoms with Gasteiger partial charge in [-0.25, -0.2) is 0 Å². The van der Waals surface area contributed by atoms with Crippen molar-refractivity contribution < 1.29 is 19.1 Å². The number of esters is 2. The van der Waals surface area contributed by atoms with Crippen molar-refractivity contribution in [3.63, 3.8) is 0 Å². The van der Waals surface area contributed by atoms with Crippen LogP contribution in [0.15, 0.2) is 10.2 Å². The van der Waals surface area contributed by atoms with Gasteiger partial charge in [0.15, 0.2) is 5.92 Å². The third-order valence-corrected chi connectivity index (χ3v) is 2.91. The zero-order valence-electron chi connectivity index (χ0n) is 14.2. The molecule has 0 fully saturated rings. The summed E-state index contributed by atoms with van der Waals surface area (Å²) in [5, 5.41) is 8.40. The van der Waals surface area contributed by atoms with Crippen LogP contribution in [0, 0.1) is 11.8 Å². The van der Waals surface area contributed by atoms with E-state index in [0.717, 1.165) is 0 Å². The van der Waals surface area contributed by atoms with Gasteiger partial charge >= 0.3 is 11.9 Å². The van der Waals surface area contributed by atoms with Gasteiger partial charge in [0, 0.05) is 5.92 Å². The van der Waals surface area contributed by atoms with E-state index in [1.165, 1.54) is 0 Å². The number of nitrogens with zero attached hydrogens (tertiary/aromatic N) is 2. The summed E-state index contributed by atoms with van der Waals surface area (Å²) in [5.41, 5.74) is -0.294. The van der Waals surface area contributed by atoms with Gasteiger partial charge in [0.2, 0.25) is 0 Å². The summed E-state index contributed by atoms with van der Waals surface area (Å²) < 4.78 is 9.95. The normalized spacial score (nSPS) is 15.0. The number of hydrogen-bond donors (Lipinski definition) is 0. The van der Waals surface area contributed by atoms with Crippen molar-refractivity contribution in [2.45, 2.75) is 60.0 Å². The van der Waals surface area contributed by atoms with E-state index in [0.29, 0.717) is 0 Å². The molecule has 0 bridgehead atoms. The summed E-state index contributed by atoms with van der Waals surface area (Å²) in [4.78, 5) is 24.0. The number of ether oxygens (including phenoxy) is 2. The zero-order valence-corrected chi connectivity index (χ0v) is 14.2. The van der Waals surface area contributed by atoms with Crippen LogP contribution in [-0.4, -0.2) is 36.7 Å². The average molecular weight is 300 g/mol. The minimum atomic E-state index is -0.973. The van der Waals surface area contributed by atoms with E-state index in [-0.39, 0.29) is 30.7 Å². The molecule has 122 valence electrons. The molecule has 0 aliphatic carbocycles. The molecule has 0 N–H and O–H groups in total. The molecule has 0 aliphatic rings. The van der Waals surface area contributed by atoms with Crippen molar-refractivity contribution in [2.24, 2.45) is 22.1 Å². The maximum Gasteiger partial charge on any atom is 0.320 e. The van der Waals surface area contributed by atoms with Gasteiger partial charge < -0.3 is 9.47 Å². The Morgan fingerprint density at radius 1 is 1.00 bits per heavy atom. The van der Waals surface area contributed by atoms with Crippen LogP contribution in [-0.2, 0) is 19.1 Å². The number of hydrogen-bond acceptors (Lipinski definition) is 6. The fourth-order valence-electron chi connectivity index (χ4n) is 1.64. The highest BCUT2D eigenvalue weighted by molar-refractivity contribution is 5.95. The predicted molar refractivity (Wildman–Crippen MR) is 80.0 cm³/mol. The molecule has 0 aromatic rings. The Hall–Kier alpha value is -1.46. The van der Waals surface area contributed by atoms with Gasteiger partial charge in [-0.3, -0.25) is 9.59 Å². The summed E-state index contributed by atoms with van der Waals surface area (Å²) in [6, 6.07) is -0.289. The summed E-state index contributed by atoms with van der Waals surface area (Å²) in [7, 11) is 0. The largest absolute Gasteiger partial charge is 0.465 e. The molecule has 0 heterocycles. The molecule has 6 nitrogen and oxygen atoms in total. The summed E-state index contributed by atoms with van der Waals surface area (Å²) in [6.45, 7) is 13.3. The second-order valence-corrected chi connectivity index (χ2v) is 5.97. The zero-order chi connectivity index (χ0) is 16.6. The highest BCUT2D eigenvalue weighted by atomic mass is 16.6. The van der Waals surface area contributed by atoms with Crippen LogP contribution in [0.2, 0.25) is 0 Å². The first-order chi connectivity index (χ1) is 9.64. The molecule has 6 heteroatoms. The Bertz CT molecular complexity index is 356. The molecule has 2 unspecified atom stereocenters. The van der Waals surface area contributed by atoms with Crippen LogP contribution >= 0.6 is 0 Å². The van der Waals surface area contributed by atoms with Crippen molar-refractivity contribution in [3.8, 4) is 0 Å². The topological polar surface area (TPSA) is 77.3 Å². The van der Waals surface area contributed by atoms with Crippen LogP contribution in [0.5, 0.6) is 0 Å². The van der Waals surface area contributed by atoms with E-state index < -0.39 is 17.9 Å². The lowest BCUT2D eigenvalue weighted by atomic mass is 9.88. The first-order valence-electron chi connectivity index (χ1n) is 7.39. The molecule has 0 amide bonds. The van der Waals surface area contributed by atoms with Gasteiger partial charge in [0.25, 0.3) is 0 Å². The molecular weight excluding hydrogens is 272 g/mol. The van der Waals surface area contributed by atoms with E-state index in [2.05, 4.69) is 10.2 Å². The minimum absolute atomic E-state index is 0.222. The molecule has 0 radical (unpaired) electrons. The molecule has 21 heavy (non-hydrogen) atoms.